The van der Waals surface area contributed by atoms with Crippen LogP contribution in [0.1, 0.15) is 18.9 Å². The summed E-state index contributed by atoms with van der Waals surface area (Å²) in [5, 5.41) is 1.34. The Balaban J connectivity index is 1.98. The van der Waals surface area contributed by atoms with Crippen molar-refractivity contribution in [3.8, 4) is 10.4 Å². The summed E-state index contributed by atoms with van der Waals surface area (Å²) in [6.45, 7) is 2.22. The molecule has 0 radical (unpaired) electrons. The number of fused-ring (bicyclic) bond motifs is 1. The number of thiophene rings is 1. The molecule has 0 atom stereocenters. The van der Waals surface area contributed by atoms with Gasteiger partial charge in [-0.05, 0) is 35.1 Å². The van der Waals surface area contributed by atoms with Gasteiger partial charge in [-0.3, -0.25) is 0 Å². The molecule has 1 heterocycles. The van der Waals surface area contributed by atoms with Gasteiger partial charge in [0.15, 0.2) is 0 Å². The topological polar surface area (TPSA) is 0 Å². The van der Waals surface area contributed by atoms with Crippen LogP contribution in [0.15, 0.2) is 54.6 Å². The van der Waals surface area contributed by atoms with Gasteiger partial charge in [-0.15, -0.1) is 11.3 Å². The first-order valence-electron chi connectivity index (χ1n) is 6.44. The maximum Gasteiger partial charge on any atom is 0.0355 e. The summed E-state index contributed by atoms with van der Waals surface area (Å²) < 4.78 is 1.37. The van der Waals surface area contributed by atoms with Crippen molar-refractivity contribution in [1.29, 1.82) is 0 Å². The predicted octanol–water partition coefficient (Wildman–Crippen LogP) is 5.52. The number of aryl methyl sites for hydroxylation is 1. The van der Waals surface area contributed by atoms with Crippen molar-refractivity contribution in [1.82, 2.24) is 0 Å². The molecular formula is C17H16S. The van der Waals surface area contributed by atoms with Gasteiger partial charge in [0.25, 0.3) is 0 Å². The molecule has 0 bridgehead atoms. The van der Waals surface area contributed by atoms with E-state index in [9.17, 15) is 0 Å². The maximum atomic E-state index is 2.29. The summed E-state index contributed by atoms with van der Waals surface area (Å²) in [5.74, 6) is 0. The second-order valence-corrected chi connectivity index (χ2v) is 5.68. The van der Waals surface area contributed by atoms with Crippen LogP contribution in [0.3, 0.4) is 0 Å². The van der Waals surface area contributed by atoms with E-state index < -0.39 is 0 Å². The second kappa shape index (κ2) is 4.95. The van der Waals surface area contributed by atoms with Crippen LogP contribution in [-0.4, -0.2) is 0 Å². The summed E-state index contributed by atoms with van der Waals surface area (Å²) in [5.41, 5.74) is 2.76. The molecule has 0 nitrogen and oxygen atoms in total. The summed E-state index contributed by atoms with van der Waals surface area (Å²) in [4.78, 5) is 1.36. The van der Waals surface area contributed by atoms with Gasteiger partial charge in [0.1, 0.15) is 0 Å². The summed E-state index contributed by atoms with van der Waals surface area (Å²) in [6, 6.07) is 19.9. The SMILES string of the molecule is CCCc1ccc(-c2cc3ccccc3s2)cc1. The van der Waals surface area contributed by atoms with E-state index in [-0.39, 0.29) is 0 Å². The molecule has 0 fully saturated rings. The fourth-order valence-corrected chi connectivity index (χ4v) is 3.32. The van der Waals surface area contributed by atoms with Crippen LogP contribution >= 0.6 is 11.3 Å². The van der Waals surface area contributed by atoms with Crippen molar-refractivity contribution in [2.75, 3.05) is 0 Å². The van der Waals surface area contributed by atoms with Crippen molar-refractivity contribution < 1.29 is 0 Å². The molecule has 0 unspecified atom stereocenters. The van der Waals surface area contributed by atoms with E-state index in [1.807, 2.05) is 11.3 Å². The lowest BCUT2D eigenvalue weighted by Gasteiger charge is -2.00. The van der Waals surface area contributed by atoms with Gasteiger partial charge in [-0.1, -0.05) is 55.8 Å². The van der Waals surface area contributed by atoms with Crippen LogP contribution in [0.4, 0.5) is 0 Å². The Morgan fingerprint density at radius 3 is 2.44 bits per heavy atom. The molecule has 18 heavy (non-hydrogen) atoms. The average molecular weight is 252 g/mol. The van der Waals surface area contributed by atoms with Gasteiger partial charge in [0.05, 0.1) is 0 Å². The first-order valence-corrected chi connectivity index (χ1v) is 7.26. The van der Waals surface area contributed by atoms with Crippen molar-refractivity contribution >= 4 is 21.4 Å². The molecule has 0 saturated carbocycles. The van der Waals surface area contributed by atoms with E-state index in [0.29, 0.717) is 0 Å². The minimum atomic E-state index is 1.17. The Kier molecular flexibility index (Phi) is 3.16. The van der Waals surface area contributed by atoms with Crippen molar-refractivity contribution in [2.24, 2.45) is 0 Å². The standard InChI is InChI=1S/C17H16S/c1-2-5-13-8-10-14(11-9-13)17-12-15-6-3-4-7-16(15)18-17/h3-4,6-12H,2,5H2,1H3. The molecule has 0 aliphatic heterocycles. The molecule has 3 rings (SSSR count). The fourth-order valence-electron chi connectivity index (χ4n) is 2.25. The van der Waals surface area contributed by atoms with Crippen molar-refractivity contribution in [3.63, 3.8) is 0 Å². The molecular weight excluding hydrogens is 236 g/mol. The van der Waals surface area contributed by atoms with E-state index in [0.717, 1.165) is 0 Å². The third-order valence-electron chi connectivity index (χ3n) is 3.20. The highest BCUT2D eigenvalue weighted by molar-refractivity contribution is 7.22. The van der Waals surface area contributed by atoms with E-state index >= 15 is 0 Å². The normalized spacial score (nSPS) is 10.9. The van der Waals surface area contributed by atoms with Crippen LogP contribution in [0, 0.1) is 0 Å². The Morgan fingerprint density at radius 2 is 1.72 bits per heavy atom. The molecule has 90 valence electrons. The molecule has 0 aliphatic carbocycles. The smallest absolute Gasteiger partial charge is 0.0355 e. The molecule has 0 aliphatic rings. The lowest BCUT2D eigenvalue weighted by atomic mass is 10.1. The lowest BCUT2D eigenvalue weighted by molar-refractivity contribution is 0.922. The highest BCUT2D eigenvalue weighted by Crippen LogP contribution is 2.33. The minimum absolute atomic E-state index is 1.17. The Labute approximate surface area is 112 Å². The molecule has 0 spiro atoms. The Hall–Kier alpha value is -1.60. The number of hydrogen-bond donors (Lipinski definition) is 0. The number of hydrogen-bond acceptors (Lipinski definition) is 1. The monoisotopic (exact) mass is 252 g/mol. The van der Waals surface area contributed by atoms with Gasteiger partial charge in [-0.2, -0.15) is 0 Å². The van der Waals surface area contributed by atoms with Crippen LogP contribution < -0.4 is 0 Å². The van der Waals surface area contributed by atoms with E-state index in [4.69, 9.17) is 0 Å². The zero-order valence-electron chi connectivity index (χ0n) is 10.5. The summed E-state index contributed by atoms with van der Waals surface area (Å²) >= 11 is 1.87. The van der Waals surface area contributed by atoms with E-state index in [1.165, 1.54) is 38.9 Å². The molecule has 0 N–H and O–H groups in total. The predicted molar refractivity (Wildman–Crippen MR) is 81.3 cm³/mol. The number of benzene rings is 2. The quantitative estimate of drug-likeness (QED) is 0.575. The molecule has 0 amide bonds. The molecule has 0 saturated heterocycles. The lowest BCUT2D eigenvalue weighted by Crippen LogP contribution is -1.81. The molecule has 1 heteroatoms. The van der Waals surface area contributed by atoms with Crippen molar-refractivity contribution in [2.45, 2.75) is 19.8 Å². The first kappa shape index (κ1) is 11.5. The van der Waals surface area contributed by atoms with Crippen molar-refractivity contribution in [3.05, 3.63) is 60.2 Å². The van der Waals surface area contributed by atoms with Crippen LogP contribution in [0.25, 0.3) is 20.5 Å². The molecule has 2 aromatic carbocycles. The maximum absolute atomic E-state index is 2.29. The van der Waals surface area contributed by atoms with Gasteiger partial charge in [-0.25, -0.2) is 0 Å². The van der Waals surface area contributed by atoms with E-state index in [2.05, 4.69) is 61.5 Å². The summed E-state index contributed by atoms with van der Waals surface area (Å²) in [7, 11) is 0. The zero-order valence-corrected chi connectivity index (χ0v) is 11.3. The number of rotatable bonds is 3. The average Bonchev–Trinajstić information content (AvgIpc) is 2.84. The van der Waals surface area contributed by atoms with Gasteiger partial charge in [0, 0.05) is 9.58 Å². The van der Waals surface area contributed by atoms with Crippen LogP contribution in [-0.2, 0) is 6.42 Å². The third-order valence-corrected chi connectivity index (χ3v) is 4.37. The highest BCUT2D eigenvalue weighted by Gasteiger charge is 2.03. The Morgan fingerprint density at radius 1 is 0.944 bits per heavy atom. The Bertz CT molecular complexity index is 614. The summed E-state index contributed by atoms with van der Waals surface area (Å²) in [6.07, 6.45) is 2.38. The van der Waals surface area contributed by atoms with Crippen LogP contribution in [0.5, 0.6) is 0 Å². The van der Waals surface area contributed by atoms with Gasteiger partial charge >= 0.3 is 0 Å². The fraction of sp³-hybridized carbons (Fsp3) is 0.176. The molecule has 1 aromatic heterocycles. The zero-order chi connectivity index (χ0) is 12.4. The van der Waals surface area contributed by atoms with Gasteiger partial charge < -0.3 is 0 Å². The van der Waals surface area contributed by atoms with Gasteiger partial charge in [0.2, 0.25) is 0 Å². The highest BCUT2D eigenvalue weighted by atomic mass is 32.1. The largest absolute Gasteiger partial charge is 0.135 e. The minimum Gasteiger partial charge on any atom is -0.135 e. The third kappa shape index (κ3) is 2.19. The first-order chi connectivity index (χ1) is 8.86. The van der Waals surface area contributed by atoms with Crippen LogP contribution in [0.2, 0.25) is 0 Å². The molecule has 3 aromatic rings. The van der Waals surface area contributed by atoms with E-state index in [1.54, 1.807) is 0 Å². The second-order valence-electron chi connectivity index (χ2n) is 4.60.